The van der Waals surface area contributed by atoms with Gasteiger partial charge in [0.05, 0.1) is 19.1 Å². The number of nitrogens with zero attached hydrogens (tertiary/aromatic N) is 2. The van der Waals surface area contributed by atoms with E-state index in [2.05, 4.69) is 17.0 Å². The second kappa shape index (κ2) is 9.01. The van der Waals surface area contributed by atoms with Crippen LogP contribution in [0.5, 0.6) is 0 Å². The molecule has 2 aromatic rings. The van der Waals surface area contributed by atoms with Gasteiger partial charge in [0.2, 0.25) is 5.91 Å². The number of benzene rings is 2. The van der Waals surface area contributed by atoms with Gasteiger partial charge < -0.3 is 9.64 Å². The van der Waals surface area contributed by atoms with Gasteiger partial charge in [-0.05, 0) is 24.0 Å². The number of morpholine rings is 1. The molecule has 2 aromatic carbocycles. The molecule has 1 amide bonds. The van der Waals surface area contributed by atoms with Crippen molar-refractivity contribution < 1.29 is 18.3 Å². The Morgan fingerprint density at radius 2 is 1.79 bits per heavy atom. The van der Waals surface area contributed by atoms with Gasteiger partial charge in [0, 0.05) is 44.4 Å². The van der Waals surface area contributed by atoms with E-state index < -0.39 is 11.6 Å². The van der Waals surface area contributed by atoms with Crippen molar-refractivity contribution in [2.24, 2.45) is 5.92 Å². The fourth-order valence-corrected chi connectivity index (χ4v) is 4.40. The number of carbonyl (C=O) groups excluding carboxylic acids is 1. The summed E-state index contributed by atoms with van der Waals surface area (Å²) in [5.74, 6) is -0.909. The number of piperidine rings is 1. The monoisotopic (exact) mass is 400 g/mol. The molecule has 0 bridgehead atoms. The van der Waals surface area contributed by atoms with E-state index >= 15 is 0 Å². The molecule has 0 aromatic heterocycles. The van der Waals surface area contributed by atoms with E-state index in [1.165, 1.54) is 17.7 Å². The first kappa shape index (κ1) is 20.0. The van der Waals surface area contributed by atoms with Gasteiger partial charge in [0.25, 0.3) is 0 Å². The van der Waals surface area contributed by atoms with E-state index in [1.54, 1.807) is 0 Å². The summed E-state index contributed by atoms with van der Waals surface area (Å²) in [6.45, 7) is 4.08. The highest BCUT2D eigenvalue weighted by Crippen LogP contribution is 2.32. The molecule has 4 rings (SSSR count). The molecule has 0 radical (unpaired) electrons. The molecule has 2 saturated heterocycles. The van der Waals surface area contributed by atoms with Crippen molar-refractivity contribution >= 4 is 5.91 Å². The molecule has 4 nitrogen and oxygen atoms in total. The largest absolute Gasteiger partial charge is 0.378 e. The lowest BCUT2D eigenvalue weighted by Gasteiger charge is -2.40. The first-order chi connectivity index (χ1) is 14.1. The lowest BCUT2D eigenvalue weighted by molar-refractivity contribution is -0.141. The molecule has 0 N–H and O–H groups in total. The van der Waals surface area contributed by atoms with Gasteiger partial charge in [-0.2, -0.15) is 0 Å². The summed E-state index contributed by atoms with van der Waals surface area (Å²) in [6.07, 6.45) is 0.780. The molecule has 6 heteroatoms. The highest BCUT2D eigenvalue weighted by Gasteiger charge is 2.35. The predicted molar refractivity (Wildman–Crippen MR) is 106 cm³/mol. The second-order valence-electron chi connectivity index (χ2n) is 7.91. The Labute approximate surface area is 170 Å². The SMILES string of the molecule is O=C(C1CC(c2ccccc2)CN(Cc2ccc(F)cc2F)C1)N1CCOCC1. The van der Waals surface area contributed by atoms with Crippen LogP contribution in [0.15, 0.2) is 48.5 Å². The average molecular weight is 400 g/mol. The van der Waals surface area contributed by atoms with Crippen LogP contribution in [0, 0.1) is 17.6 Å². The lowest BCUT2D eigenvalue weighted by atomic mass is 9.83. The van der Waals surface area contributed by atoms with Crippen LogP contribution >= 0.6 is 0 Å². The smallest absolute Gasteiger partial charge is 0.227 e. The van der Waals surface area contributed by atoms with Crippen LogP contribution in [-0.4, -0.2) is 55.1 Å². The first-order valence-electron chi connectivity index (χ1n) is 10.2. The molecule has 2 fully saturated rings. The molecule has 0 aliphatic carbocycles. The minimum Gasteiger partial charge on any atom is -0.378 e. The zero-order valence-corrected chi connectivity index (χ0v) is 16.4. The average Bonchev–Trinajstić information content (AvgIpc) is 2.76. The van der Waals surface area contributed by atoms with Crippen LogP contribution < -0.4 is 0 Å². The summed E-state index contributed by atoms with van der Waals surface area (Å²) in [5, 5.41) is 0. The summed E-state index contributed by atoms with van der Waals surface area (Å²) in [6, 6.07) is 13.9. The van der Waals surface area contributed by atoms with Gasteiger partial charge in [-0.25, -0.2) is 8.78 Å². The topological polar surface area (TPSA) is 32.8 Å². The standard InChI is InChI=1S/C23H26F2N2O2/c24-21-7-6-18(22(25)13-21)14-26-15-19(17-4-2-1-3-5-17)12-20(16-26)23(28)27-8-10-29-11-9-27/h1-7,13,19-20H,8-12,14-16H2. The summed E-state index contributed by atoms with van der Waals surface area (Å²) >= 11 is 0. The number of hydrogen-bond acceptors (Lipinski definition) is 3. The quantitative estimate of drug-likeness (QED) is 0.788. The fraction of sp³-hybridized carbons (Fsp3) is 0.435. The maximum Gasteiger partial charge on any atom is 0.227 e. The second-order valence-corrected chi connectivity index (χ2v) is 7.91. The van der Waals surface area contributed by atoms with Crippen molar-refractivity contribution in [2.75, 3.05) is 39.4 Å². The summed E-state index contributed by atoms with van der Waals surface area (Å²) in [5.41, 5.74) is 1.65. The maximum atomic E-state index is 14.2. The molecule has 2 unspecified atom stereocenters. The Morgan fingerprint density at radius 3 is 2.52 bits per heavy atom. The number of carbonyl (C=O) groups is 1. The van der Waals surface area contributed by atoms with Crippen LogP contribution in [0.3, 0.4) is 0 Å². The van der Waals surface area contributed by atoms with E-state index in [-0.39, 0.29) is 17.7 Å². The summed E-state index contributed by atoms with van der Waals surface area (Å²) < 4.78 is 32.9. The van der Waals surface area contributed by atoms with Gasteiger partial charge in [-0.15, -0.1) is 0 Å². The van der Waals surface area contributed by atoms with Crippen molar-refractivity contribution in [1.29, 1.82) is 0 Å². The van der Waals surface area contributed by atoms with E-state index in [0.717, 1.165) is 19.0 Å². The molecule has 2 aliphatic rings. The van der Waals surface area contributed by atoms with E-state index in [0.29, 0.717) is 45.0 Å². The number of hydrogen-bond donors (Lipinski definition) is 0. The normalized spacial score (nSPS) is 23.2. The molecule has 2 atom stereocenters. The van der Waals surface area contributed by atoms with Gasteiger partial charge in [-0.3, -0.25) is 9.69 Å². The first-order valence-corrected chi connectivity index (χ1v) is 10.2. The van der Waals surface area contributed by atoms with E-state index in [1.807, 2.05) is 23.1 Å². The third-order valence-electron chi connectivity index (χ3n) is 5.88. The Bertz CT molecular complexity index is 840. The number of amides is 1. The number of halogens is 2. The predicted octanol–water partition coefficient (Wildman–Crippen LogP) is 3.43. The Morgan fingerprint density at radius 1 is 1.03 bits per heavy atom. The fourth-order valence-electron chi connectivity index (χ4n) is 4.40. The van der Waals surface area contributed by atoms with Crippen molar-refractivity contribution in [3.05, 3.63) is 71.3 Å². The summed E-state index contributed by atoms with van der Waals surface area (Å²) in [7, 11) is 0. The minimum absolute atomic E-state index is 0.143. The van der Waals surface area contributed by atoms with Gasteiger partial charge in [0.15, 0.2) is 0 Å². The van der Waals surface area contributed by atoms with Crippen LogP contribution in [0.25, 0.3) is 0 Å². The van der Waals surface area contributed by atoms with Gasteiger partial charge >= 0.3 is 0 Å². The maximum absolute atomic E-state index is 14.2. The molecule has 154 valence electrons. The molecule has 0 saturated carbocycles. The minimum atomic E-state index is -0.576. The molecular formula is C23H26F2N2O2. The highest BCUT2D eigenvalue weighted by atomic mass is 19.1. The van der Waals surface area contributed by atoms with Crippen LogP contribution in [0.2, 0.25) is 0 Å². The number of ether oxygens (including phenoxy) is 1. The van der Waals surface area contributed by atoms with Crippen molar-refractivity contribution in [1.82, 2.24) is 9.80 Å². The molecular weight excluding hydrogens is 374 g/mol. The van der Waals surface area contributed by atoms with Crippen LogP contribution in [-0.2, 0) is 16.1 Å². The van der Waals surface area contributed by atoms with E-state index in [9.17, 15) is 13.6 Å². The number of likely N-dealkylation sites (tertiary alicyclic amines) is 1. The Kier molecular flexibility index (Phi) is 6.21. The zero-order valence-electron chi connectivity index (χ0n) is 16.4. The number of rotatable bonds is 4. The van der Waals surface area contributed by atoms with Gasteiger partial charge in [0.1, 0.15) is 11.6 Å². The molecule has 29 heavy (non-hydrogen) atoms. The molecule has 2 aliphatic heterocycles. The lowest BCUT2D eigenvalue weighted by Crippen LogP contribution is -2.49. The van der Waals surface area contributed by atoms with Crippen molar-refractivity contribution in [2.45, 2.75) is 18.9 Å². The molecule has 2 heterocycles. The summed E-state index contributed by atoms with van der Waals surface area (Å²) in [4.78, 5) is 17.2. The third-order valence-corrected chi connectivity index (χ3v) is 5.88. The van der Waals surface area contributed by atoms with Crippen molar-refractivity contribution in [3.8, 4) is 0 Å². The molecule has 0 spiro atoms. The zero-order chi connectivity index (χ0) is 20.2. The van der Waals surface area contributed by atoms with Crippen LogP contribution in [0.4, 0.5) is 8.78 Å². The Balaban J connectivity index is 1.54. The Hall–Kier alpha value is -2.31. The highest BCUT2D eigenvalue weighted by molar-refractivity contribution is 5.79. The van der Waals surface area contributed by atoms with Crippen LogP contribution in [0.1, 0.15) is 23.5 Å². The van der Waals surface area contributed by atoms with Crippen molar-refractivity contribution in [3.63, 3.8) is 0 Å². The third kappa shape index (κ3) is 4.82. The van der Waals surface area contributed by atoms with E-state index in [4.69, 9.17) is 4.74 Å². The van der Waals surface area contributed by atoms with Gasteiger partial charge in [-0.1, -0.05) is 36.4 Å².